The quantitative estimate of drug-likeness (QED) is 0.835. The van der Waals surface area contributed by atoms with Crippen molar-refractivity contribution in [1.29, 1.82) is 0 Å². The highest BCUT2D eigenvalue weighted by Gasteiger charge is 2.05. The van der Waals surface area contributed by atoms with Crippen molar-refractivity contribution in [2.45, 2.75) is 26.2 Å². The third-order valence-corrected chi connectivity index (χ3v) is 4.43. The maximum Gasteiger partial charge on any atom is 0.0314 e. The molecule has 0 amide bonds. The van der Waals surface area contributed by atoms with Gasteiger partial charge in [-0.2, -0.15) is 0 Å². The standard InChI is InChI=1S/C11H18BrNS/c1-9(5-7-13-2)3-4-11-10(12)6-8-14-11/h6,8-9,13H,3-5,7H2,1-2H3. The minimum Gasteiger partial charge on any atom is -0.320 e. The Morgan fingerprint density at radius 2 is 2.29 bits per heavy atom. The molecule has 0 aliphatic heterocycles. The summed E-state index contributed by atoms with van der Waals surface area (Å²) in [6, 6.07) is 2.14. The van der Waals surface area contributed by atoms with Gasteiger partial charge in [-0.3, -0.25) is 0 Å². The maximum absolute atomic E-state index is 3.57. The molecule has 1 heterocycles. The molecular weight excluding hydrogens is 258 g/mol. The van der Waals surface area contributed by atoms with Gasteiger partial charge in [-0.1, -0.05) is 6.92 Å². The number of hydrogen-bond donors (Lipinski definition) is 1. The van der Waals surface area contributed by atoms with Crippen LogP contribution >= 0.6 is 27.3 Å². The number of hydrogen-bond acceptors (Lipinski definition) is 2. The second kappa shape index (κ2) is 6.59. The third kappa shape index (κ3) is 4.11. The largest absolute Gasteiger partial charge is 0.320 e. The lowest BCUT2D eigenvalue weighted by molar-refractivity contribution is 0.483. The second-order valence-electron chi connectivity index (χ2n) is 3.73. The van der Waals surface area contributed by atoms with Gasteiger partial charge in [-0.05, 0) is 66.1 Å². The molecule has 0 spiro atoms. The fraction of sp³-hybridized carbons (Fsp3) is 0.636. The van der Waals surface area contributed by atoms with E-state index in [0.717, 1.165) is 12.5 Å². The van der Waals surface area contributed by atoms with Gasteiger partial charge in [0, 0.05) is 9.35 Å². The number of nitrogens with one attached hydrogen (secondary N) is 1. The SMILES string of the molecule is CNCCC(C)CCc1sccc1Br. The molecule has 0 bridgehead atoms. The molecule has 0 radical (unpaired) electrons. The first-order valence-corrected chi connectivity index (χ1v) is 6.77. The van der Waals surface area contributed by atoms with E-state index in [0.29, 0.717) is 0 Å². The molecule has 0 aromatic carbocycles. The molecular formula is C11H18BrNS. The van der Waals surface area contributed by atoms with E-state index in [9.17, 15) is 0 Å². The van der Waals surface area contributed by atoms with Crippen LogP contribution in [-0.4, -0.2) is 13.6 Å². The Morgan fingerprint density at radius 3 is 2.86 bits per heavy atom. The summed E-state index contributed by atoms with van der Waals surface area (Å²) in [5, 5.41) is 5.35. The van der Waals surface area contributed by atoms with Crippen LogP contribution < -0.4 is 5.32 Å². The molecule has 0 saturated carbocycles. The summed E-state index contributed by atoms with van der Waals surface area (Å²) >= 11 is 5.42. The topological polar surface area (TPSA) is 12.0 Å². The van der Waals surface area contributed by atoms with Gasteiger partial charge in [-0.15, -0.1) is 11.3 Å². The van der Waals surface area contributed by atoms with Crippen molar-refractivity contribution in [3.8, 4) is 0 Å². The van der Waals surface area contributed by atoms with Gasteiger partial charge in [0.2, 0.25) is 0 Å². The number of thiophene rings is 1. The molecule has 14 heavy (non-hydrogen) atoms. The van der Waals surface area contributed by atoms with Crippen LogP contribution in [0.25, 0.3) is 0 Å². The molecule has 3 heteroatoms. The monoisotopic (exact) mass is 275 g/mol. The zero-order valence-corrected chi connectivity index (χ0v) is 11.2. The Kier molecular flexibility index (Phi) is 5.75. The third-order valence-electron chi connectivity index (χ3n) is 2.44. The van der Waals surface area contributed by atoms with Gasteiger partial charge >= 0.3 is 0 Å². The van der Waals surface area contributed by atoms with Crippen molar-refractivity contribution in [3.05, 3.63) is 20.8 Å². The molecule has 1 rings (SSSR count). The van der Waals surface area contributed by atoms with Crippen LogP contribution in [0.15, 0.2) is 15.9 Å². The van der Waals surface area contributed by atoms with E-state index in [2.05, 4.69) is 39.6 Å². The lowest BCUT2D eigenvalue weighted by Crippen LogP contribution is -2.11. The van der Waals surface area contributed by atoms with E-state index in [1.165, 1.54) is 28.6 Å². The first kappa shape index (κ1) is 12.2. The van der Waals surface area contributed by atoms with E-state index >= 15 is 0 Å². The molecule has 1 nitrogen and oxygen atoms in total. The average molecular weight is 276 g/mol. The van der Waals surface area contributed by atoms with Crippen molar-refractivity contribution in [2.24, 2.45) is 5.92 Å². The Hall–Kier alpha value is 0.140. The van der Waals surface area contributed by atoms with Crippen LogP contribution in [0, 0.1) is 5.92 Å². The smallest absolute Gasteiger partial charge is 0.0314 e. The summed E-state index contributed by atoms with van der Waals surface area (Å²) in [6.45, 7) is 3.46. The molecule has 0 saturated heterocycles. The van der Waals surface area contributed by atoms with E-state index in [1.807, 2.05) is 18.4 Å². The van der Waals surface area contributed by atoms with Crippen LogP contribution in [0.1, 0.15) is 24.6 Å². The summed E-state index contributed by atoms with van der Waals surface area (Å²) in [5.74, 6) is 0.816. The molecule has 1 N–H and O–H groups in total. The zero-order chi connectivity index (χ0) is 10.4. The lowest BCUT2D eigenvalue weighted by Gasteiger charge is -2.09. The van der Waals surface area contributed by atoms with Gasteiger partial charge < -0.3 is 5.32 Å². The molecule has 1 unspecified atom stereocenters. The van der Waals surface area contributed by atoms with Crippen molar-refractivity contribution >= 4 is 27.3 Å². The van der Waals surface area contributed by atoms with E-state index in [1.54, 1.807) is 0 Å². The molecule has 1 aromatic heterocycles. The van der Waals surface area contributed by atoms with Crippen LogP contribution in [0.3, 0.4) is 0 Å². The van der Waals surface area contributed by atoms with E-state index in [4.69, 9.17) is 0 Å². The number of rotatable bonds is 6. The Labute approximate surface area is 99.0 Å². The van der Waals surface area contributed by atoms with Crippen LogP contribution in [0.5, 0.6) is 0 Å². The van der Waals surface area contributed by atoms with Crippen molar-refractivity contribution in [1.82, 2.24) is 5.32 Å². The normalized spacial score (nSPS) is 13.1. The van der Waals surface area contributed by atoms with Crippen molar-refractivity contribution in [3.63, 3.8) is 0 Å². The van der Waals surface area contributed by atoms with Gasteiger partial charge in [-0.25, -0.2) is 0 Å². The molecule has 0 aliphatic rings. The van der Waals surface area contributed by atoms with Gasteiger partial charge in [0.25, 0.3) is 0 Å². The Bertz CT molecular complexity index is 260. The van der Waals surface area contributed by atoms with E-state index < -0.39 is 0 Å². The predicted octanol–water partition coefficient (Wildman–Crippen LogP) is 3.69. The lowest BCUT2D eigenvalue weighted by atomic mass is 10.0. The average Bonchev–Trinajstić information content (AvgIpc) is 2.58. The predicted molar refractivity (Wildman–Crippen MR) is 68.0 cm³/mol. The van der Waals surface area contributed by atoms with Gasteiger partial charge in [0.15, 0.2) is 0 Å². The highest BCUT2D eigenvalue weighted by atomic mass is 79.9. The summed E-state index contributed by atoms with van der Waals surface area (Å²) in [5.41, 5.74) is 0. The van der Waals surface area contributed by atoms with Crippen molar-refractivity contribution in [2.75, 3.05) is 13.6 Å². The fourth-order valence-corrected chi connectivity index (χ4v) is 2.99. The van der Waals surface area contributed by atoms with Gasteiger partial charge in [0.05, 0.1) is 0 Å². The minimum absolute atomic E-state index is 0.816. The summed E-state index contributed by atoms with van der Waals surface area (Å²) in [7, 11) is 2.02. The number of aryl methyl sites for hydroxylation is 1. The zero-order valence-electron chi connectivity index (χ0n) is 8.85. The first-order valence-electron chi connectivity index (χ1n) is 5.10. The molecule has 0 aliphatic carbocycles. The second-order valence-corrected chi connectivity index (χ2v) is 5.58. The van der Waals surface area contributed by atoms with Crippen LogP contribution in [0.2, 0.25) is 0 Å². The molecule has 1 atom stereocenters. The van der Waals surface area contributed by atoms with Crippen LogP contribution in [0.4, 0.5) is 0 Å². The maximum atomic E-state index is 3.57. The molecule has 80 valence electrons. The van der Waals surface area contributed by atoms with Crippen LogP contribution in [-0.2, 0) is 6.42 Å². The highest BCUT2D eigenvalue weighted by Crippen LogP contribution is 2.25. The first-order chi connectivity index (χ1) is 6.74. The summed E-state index contributed by atoms with van der Waals surface area (Å²) < 4.78 is 1.28. The number of halogens is 1. The highest BCUT2D eigenvalue weighted by molar-refractivity contribution is 9.10. The summed E-state index contributed by atoms with van der Waals surface area (Å²) in [6.07, 6.45) is 3.78. The fourth-order valence-electron chi connectivity index (χ4n) is 1.42. The van der Waals surface area contributed by atoms with Crippen molar-refractivity contribution < 1.29 is 0 Å². The molecule has 0 fully saturated rings. The minimum atomic E-state index is 0.816. The summed E-state index contributed by atoms with van der Waals surface area (Å²) in [4.78, 5) is 1.49. The van der Waals surface area contributed by atoms with E-state index in [-0.39, 0.29) is 0 Å². The van der Waals surface area contributed by atoms with Gasteiger partial charge in [0.1, 0.15) is 0 Å². The molecule has 1 aromatic rings. The Morgan fingerprint density at radius 1 is 1.50 bits per heavy atom. The Balaban J connectivity index is 2.23.